The molecular formula is C6H3B3Cl2O3. The maximum atomic E-state index is 5.84. The number of benzene rings is 1. The zero-order chi connectivity index (χ0) is 9.97. The molecule has 3 nitrogen and oxygen atoms in total. The van der Waals surface area contributed by atoms with Crippen LogP contribution in [0.2, 0.25) is 10.0 Å². The Hall–Kier alpha value is -0.125. The number of halogens is 2. The van der Waals surface area contributed by atoms with Crippen LogP contribution in [0.1, 0.15) is 0 Å². The molecule has 0 atom stereocenters. The summed E-state index contributed by atoms with van der Waals surface area (Å²) in [5.41, 5.74) is 0.773. The van der Waals surface area contributed by atoms with Crippen molar-refractivity contribution in [3.63, 3.8) is 0 Å². The minimum absolute atomic E-state index is 0.461. The summed E-state index contributed by atoms with van der Waals surface area (Å²) < 4.78 is 14.7. The summed E-state index contributed by atoms with van der Waals surface area (Å²) in [6, 6.07) is 5.13. The van der Waals surface area contributed by atoms with Crippen LogP contribution in [0.4, 0.5) is 0 Å². The van der Waals surface area contributed by atoms with Crippen molar-refractivity contribution >= 4 is 51.2 Å². The van der Waals surface area contributed by atoms with Gasteiger partial charge >= 0.3 is 22.5 Å². The van der Waals surface area contributed by atoms with Crippen LogP contribution in [-0.4, -0.2) is 22.5 Å². The molecule has 1 fully saturated rings. The second-order valence-electron chi connectivity index (χ2n) is 2.61. The van der Waals surface area contributed by atoms with E-state index in [0.717, 1.165) is 5.46 Å². The number of rotatable bonds is 1. The number of hydrogen-bond donors (Lipinski definition) is 0. The molecular weight excluding hydrogens is 223 g/mol. The first-order valence-electron chi connectivity index (χ1n) is 3.82. The van der Waals surface area contributed by atoms with Crippen LogP contribution in [-0.2, 0) is 13.7 Å². The summed E-state index contributed by atoms with van der Waals surface area (Å²) in [5.74, 6) is 0. The average Bonchev–Trinajstić information content (AvgIpc) is 2.23. The molecule has 1 aliphatic heterocycles. The van der Waals surface area contributed by atoms with Crippen LogP contribution in [0.25, 0.3) is 0 Å². The van der Waals surface area contributed by atoms with Crippen LogP contribution in [0, 0.1) is 0 Å². The van der Waals surface area contributed by atoms with Gasteiger partial charge in [0, 0.05) is 0 Å². The molecule has 68 valence electrons. The average molecular weight is 226 g/mol. The standard InChI is InChI=1S/C6H3B3Cl2O3/c10-5-2-1-4(3-6(5)11)9-13-7-12-8-14-9/h1-3H. The molecule has 1 saturated heterocycles. The van der Waals surface area contributed by atoms with Crippen LogP contribution in [0.3, 0.4) is 0 Å². The van der Waals surface area contributed by atoms with E-state index in [1.54, 1.807) is 18.2 Å². The molecule has 0 unspecified atom stereocenters. The lowest BCUT2D eigenvalue weighted by Gasteiger charge is -2.18. The van der Waals surface area contributed by atoms with Crippen molar-refractivity contribution in [2.24, 2.45) is 0 Å². The van der Waals surface area contributed by atoms with E-state index in [-0.39, 0.29) is 0 Å². The maximum Gasteiger partial charge on any atom is 0.465 e. The molecule has 0 saturated carbocycles. The Morgan fingerprint density at radius 1 is 1.07 bits per heavy atom. The van der Waals surface area contributed by atoms with E-state index in [2.05, 4.69) is 4.57 Å². The van der Waals surface area contributed by atoms with E-state index in [9.17, 15) is 0 Å². The Morgan fingerprint density at radius 3 is 2.43 bits per heavy atom. The van der Waals surface area contributed by atoms with Gasteiger partial charge in [-0.2, -0.15) is 0 Å². The van der Waals surface area contributed by atoms with Gasteiger partial charge in [-0.1, -0.05) is 29.3 Å². The zero-order valence-corrected chi connectivity index (χ0v) is 8.46. The van der Waals surface area contributed by atoms with Crippen molar-refractivity contribution in [2.45, 2.75) is 0 Å². The topological polar surface area (TPSA) is 27.7 Å². The minimum Gasteiger partial charge on any atom is -0.457 e. The molecule has 0 amide bonds. The van der Waals surface area contributed by atoms with E-state index < -0.39 is 7.12 Å². The van der Waals surface area contributed by atoms with Gasteiger partial charge in [-0.25, -0.2) is 0 Å². The highest BCUT2D eigenvalue weighted by atomic mass is 35.5. The molecule has 1 aromatic carbocycles. The lowest BCUT2D eigenvalue weighted by Crippen LogP contribution is -2.44. The van der Waals surface area contributed by atoms with E-state index >= 15 is 0 Å². The predicted octanol–water partition coefficient (Wildman–Crippen LogP) is 0.820. The van der Waals surface area contributed by atoms with Gasteiger partial charge in [0.05, 0.1) is 10.0 Å². The zero-order valence-electron chi connectivity index (χ0n) is 6.94. The molecule has 1 aliphatic rings. The van der Waals surface area contributed by atoms with Crippen LogP contribution in [0.15, 0.2) is 18.2 Å². The summed E-state index contributed by atoms with van der Waals surface area (Å²) in [4.78, 5) is 0. The van der Waals surface area contributed by atoms with Gasteiger partial charge in [-0.05, 0) is 17.6 Å². The quantitative estimate of drug-likeness (QED) is 0.664. The molecule has 14 heavy (non-hydrogen) atoms. The predicted molar refractivity (Wildman–Crippen MR) is 56.6 cm³/mol. The van der Waals surface area contributed by atoms with Gasteiger partial charge < -0.3 is 13.7 Å². The fourth-order valence-corrected chi connectivity index (χ4v) is 1.34. The Kier molecular flexibility index (Phi) is 3.41. The molecule has 2 rings (SSSR count). The minimum atomic E-state index is -0.529. The molecule has 8 heteroatoms. The van der Waals surface area contributed by atoms with Gasteiger partial charge in [0.15, 0.2) is 0 Å². The molecule has 0 N–H and O–H groups in total. The third-order valence-electron chi connectivity index (χ3n) is 1.69. The largest absolute Gasteiger partial charge is 0.465 e. The lowest BCUT2D eigenvalue weighted by atomic mass is 9.75. The van der Waals surface area contributed by atoms with Crippen LogP contribution in [0.5, 0.6) is 0 Å². The molecule has 0 bridgehead atoms. The second-order valence-corrected chi connectivity index (χ2v) is 3.42. The third-order valence-corrected chi connectivity index (χ3v) is 2.42. The van der Waals surface area contributed by atoms with E-state index in [1.165, 1.54) is 15.4 Å². The molecule has 1 heterocycles. The van der Waals surface area contributed by atoms with Gasteiger partial charge in [0.1, 0.15) is 0 Å². The molecule has 0 aromatic heterocycles. The maximum absolute atomic E-state index is 5.84. The van der Waals surface area contributed by atoms with E-state index in [1.807, 2.05) is 0 Å². The van der Waals surface area contributed by atoms with Crippen molar-refractivity contribution in [3.8, 4) is 0 Å². The SMILES string of the molecule is Clc1ccc(B2O[B]O[B]O2)cc1Cl. The van der Waals surface area contributed by atoms with Crippen molar-refractivity contribution in [1.29, 1.82) is 0 Å². The highest BCUT2D eigenvalue weighted by Crippen LogP contribution is 2.19. The third kappa shape index (κ3) is 2.27. The summed E-state index contributed by atoms with van der Waals surface area (Å²) in [6.45, 7) is 0. The highest BCUT2D eigenvalue weighted by molar-refractivity contribution is 6.71. The summed E-state index contributed by atoms with van der Waals surface area (Å²) in [6.07, 6.45) is 0. The monoisotopic (exact) mass is 226 g/mol. The summed E-state index contributed by atoms with van der Waals surface area (Å²) >= 11 is 11.6. The smallest absolute Gasteiger partial charge is 0.457 e. The molecule has 0 spiro atoms. The van der Waals surface area contributed by atoms with Crippen molar-refractivity contribution in [2.75, 3.05) is 0 Å². The van der Waals surface area contributed by atoms with Crippen LogP contribution < -0.4 is 5.46 Å². The second kappa shape index (κ2) is 4.60. The lowest BCUT2D eigenvalue weighted by molar-refractivity contribution is 0.334. The Morgan fingerprint density at radius 2 is 1.79 bits per heavy atom. The molecule has 1 aromatic rings. The van der Waals surface area contributed by atoms with Gasteiger partial charge in [-0.15, -0.1) is 0 Å². The Bertz CT molecular complexity index is 332. The summed E-state index contributed by atoms with van der Waals surface area (Å²) in [7, 11) is 1.85. The first kappa shape index (κ1) is 10.4. The van der Waals surface area contributed by atoms with Gasteiger partial charge in [0.2, 0.25) is 0 Å². The summed E-state index contributed by atoms with van der Waals surface area (Å²) in [5, 5.41) is 0.957. The van der Waals surface area contributed by atoms with E-state index in [4.69, 9.17) is 32.3 Å². The fraction of sp³-hybridized carbons (Fsp3) is 0. The first-order valence-corrected chi connectivity index (χ1v) is 4.57. The van der Waals surface area contributed by atoms with Gasteiger partial charge in [-0.3, -0.25) is 0 Å². The van der Waals surface area contributed by atoms with Crippen molar-refractivity contribution in [1.82, 2.24) is 0 Å². The normalized spacial score (nSPS) is 16.0. The molecule has 2 radical (unpaired) electrons. The Balaban J connectivity index is 2.18. The van der Waals surface area contributed by atoms with Crippen molar-refractivity contribution in [3.05, 3.63) is 28.2 Å². The fourth-order valence-electron chi connectivity index (χ4n) is 1.04. The van der Waals surface area contributed by atoms with Crippen molar-refractivity contribution < 1.29 is 13.7 Å². The molecule has 0 aliphatic carbocycles. The Labute approximate surface area is 93.4 Å². The van der Waals surface area contributed by atoms with Crippen LogP contribution >= 0.6 is 23.2 Å². The van der Waals surface area contributed by atoms with Gasteiger partial charge in [0.25, 0.3) is 0 Å². The first-order chi connectivity index (χ1) is 6.77. The number of hydrogen-bond acceptors (Lipinski definition) is 3. The highest BCUT2D eigenvalue weighted by Gasteiger charge is 2.26. The van der Waals surface area contributed by atoms with E-state index in [0.29, 0.717) is 10.0 Å².